The van der Waals surface area contributed by atoms with Gasteiger partial charge >= 0.3 is 0 Å². The third-order valence-corrected chi connectivity index (χ3v) is 2.10. The third-order valence-electron chi connectivity index (χ3n) is 2.10. The number of hydrogen-bond acceptors (Lipinski definition) is 4. The fourth-order valence-electron chi connectivity index (χ4n) is 1.38. The molecule has 0 saturated carbocycles. The summed E-state index contributed by atoms with van der Waals surface area (Å²) >= 11 is 0. The van der Waals surface area contributed by atoms with Crippen molar-refractivity contribution in [1.29, 1.82) is 0 Å². The van der Waals surface area contributed by atoms with Crippen molar-refractivity contribution >= 4 is 5.78 Å². The Morgan fingerprint density at radius 2 is 2.07 bits per heavy atom. The predicted molar refractivity (Wildman–Crippen MR) is 57.3 cm³/mol. The number of Topliss-reactive ketones (excluding diaryl/α,β-unsaturated/α-hetero) is 1. The van der Waals surface area contributed by atoms with Gasteiger partial charge in [0, 0.05) is 12.0 Å². The summed E-state index contributed by atoms with van der Waals surface area (Å²) in [5.41, 5.74) is 6.06. The van der Waals surface area contributed by atoms with Gasteiger partial charge in [-0.3, -0.25) is 4.79 Å². The lowest BCUT2D eigenvalue weighted by molar-refractivity contribution is -0.117. The monoisotopic (exact) mass is 209 g/mol. The van der Waals surface area contributed by atoms with E-state index >= 15 is 0 Å². The SMILES string of the molecule is COc1cccc(CC(=O)CN)c1OC. The van der Waals surface area contributed by atoms with Crippen LogP contribution in [0.25, 0.3) is 0 Å². The smallest absolute Gasteiger partial charge is 0.164 e. The highest BCUT2D eigenvalue weighted by atomic mass is 16.5. The fourth-order valence-corrected chi connectivity index (χ4v) is 1.38. The van der Waals surface area contributed by atoms with Gasteiger partial charge in [0.05, 0.1) is 20.8 Å². The second-order valence-electron chi connectivity index (χ2n) is 3.07. The molecule has 0 aliphatic rings. The molecular formula is C11H15NO3. The number of carbonyl (C=O) groups excluding carboxylic acids is 1. The topological polar surface area (TPSA) is 61.5 Å². The van der Waals surface area contributed by atoms with Crippen LogP contribution in [0.3, 0.4) is 0 Å². The van der Waals surface area contributed by atoms with Crippen molar-refractivity contribution < 1.29 is 14.3 Å². The Labute approximate surface area is 89.0 Å². The molecule has 1 aromatic rings. The number of ketones is 1. The Kier molecular flexibility index (Phi) is 4.12. The molecule has 0 unspecified atom stereocenters. The van der Waals surface area contributed by atoms with Gasteiger partial charge in [-0.25, -0.2) is 0 Å². The Bertz CT molecular complexity index is 350. The van der Waals surface area contributed by atoms with Gasteiger partial charge in [-0.2, -0.15) is 0 Å². The minimum absolute atomic E-state index is 0.0263. The van der Waals surface area contributed by atoms with Gasteiger partial charge in [-0.15, -0.1) is 0 Å². The molecule has 0 bridgehead atoms. The summed E-state index contributed by atoms with van der Waals surface area (Å²) in [6.45, 7) is 0.0420. The standard InChI is InChI=1S/C11H15NO3/c1-14-10-5-3-4-8(11(10)15-2)6-9(13)7-12/h3-5H,6-7,12H2,1-2H3. The zero-order chi connectivity index (χ0) is 11.3. The Morgan fingerprint density at radius 1 is 1.33 bits per heavy atom. The van der Waals surface area contributed by atoms with Crippen molar-refractivity contribution in [2.24, 2.45) is 5.73 Å². The molecule has 0 saturated heterocycles. The highest BCUT2D eigenvalue weighted by molar-refractivity contribution is 5.83. The van der Waals surface area contributed by atoms with Gasteiger partial charge in [-0.1, -0.05) is 12.1 Å². The normalized spacial score (nSPS) is 9.80. The molecule has 0 aromatic heterocycles. The highest BCUT2D eigenvalue weighted by Crippen LogP contribution is 2.30. The van der Waals surface area contributed by atoms with E-state index in [-0.39, 0.29) is 18.7 Å². The van der Waals surface area contributed by atoms with E-state index in [4.69, 9.17) is 15.2 Å². The average Bonchev–Trinajstić information content (AvgIpc) is 2.28. The molecule has 1 rings (SSSR count). The number of carbonyl (C=O) groups is 1. The molecule has 15 heavy (non-hydrogen) atoms. The molecule has 0 amide bonds. The maximum atomic E-state index is 11.2. The van der Waals surface area contributed by atoms with Gasteiger partial charge < -0.3 is 15.2 Å². The van der Waals surface area contributed by atoms with Crippen molar-refractivity contribution in [3.8, 4) is 11.5 Å². The number of para-hydroxylation sites is 1. The first-order chi connectivity index (χ1) is 7.22. The highest BCUT2D eigenvalue weighted by Gasteiger charge is 2.11. The summed E-state index contributed by atoms with van der Waals surface area (Å²) in [4.78, 5) is 11.2. The molecule has 0 heterocycles. The van der Waals surface area contributed by atoms with E-state index in [1.807, 2.05) is 12.1 Å². The van der Waals surface area contributed by atoms with E-state index in [1.165, 1.54) is 0 Å². The molecule has 2 N–H and O–H groups in total. The first-order valence-electron chi connectivity index (χ1n) is 4.64. The Hall–Kier alpha value is -1.55. The van der Waals surface area contributed by atoms with Crippen LogP contribution < -0.4 is 15.2 Å². The molecular weight excluding hydrogens is 194 g/mol. The maximum Gasteiger partial charge on any atom is 0.164 e. The predicted octanol–water partition coefficient (Wildman–Crippen LogP) is 0.774. The summed E-state index contributed by atoms with van der Waals surface area (Å²) in [7, 11) is 3.11. The zero-order valence-electron chi connectivity index (χ0n) is 8.95. The van der Waals surface area contributed by atoms with Gasteiger partial charge in [0.2, 0.25) is 0 Å². The van der Waals surface area contributed by atoms with Crippen LogP contribution in [0.15, 0.2) is 18.2 Å². The summed E-state index contributed by atoms with van der Waals surface area (Å²) in [6, 6.07) is 5.44. The lowest BCUT2D eigenvalue weighted by atomic mass is 10.1. The van der Waals surface area contributed by atoms with E-state index < -0.39 is 0 Å². The van der Waals surface area contributed by atoms with E-state index in [2.05, 4.69) is 0 Å². The lowest BCUT2D eigenvalue weighted by Gasteiger charge is -2.11. The molecule has 0 atom stereocenters. The van der Waals surface area contributed by atoms with Gasteiger partial charge in [0.15, 0.2) is 17.3 Å². The average molecular weight is 209 g/mol. The zero-order valence-corrected chi connectivity index (χ0v) is 8.95. The number of hydrogen-bond donors (Lipinski definition) is 1. The second kappa shape index (κ2) is 5.36. The summed E-state index contributed by atoms with van der Waals surface area (Å²) in [5.74, 6) is 1.20. The van der Waals surface area contributed by atoms with Crippen LogP contribution in [-0.4, -0.2) is 26.5 Å². The van der Waals surface area contributed by atoms with E-state index in [0.29, 0.717) is 11.5 Å². The molecule has 4 heteroatoms. The van der Waals surface area contributed by atoms with Crippen LogP contribution in [0.2, 0.25) is 0 Å². The van der Waals surface area contributed by atoms with E-state index in [0.717, 1.165) is 5.56 Å². The van der Waals surface area contributed by atoms with Crippen LogP contribution in [0.4, 0.5) is 0 Å². The number of methoxy groups -OCH3 is 2. The van der Waals surface area contributed by atoms with Crippen LogP contribution in [-0.2, 0) is 11.2 Å². The number of benzene rings is 1. The molecule has 0 fully saturated rings. The Balaban J connectivity index is 3.00. The molecule has 1 aromatic carbocycles. The van der Waals surface area contributed by atoms with Crippen molar-refractivity contribution in [3.05, 3.63) is 23.8 Å². The molecule has 82 valence electrons. The maximum absolute atomic E-state index is 11.2. The van der Waals surface area contributed by atoms with E-state index in [1.54, 1.807) is 20.3 Å². The van der Waals surface area contributed by atoms with Crippen molar-refractivity contribution in [3.63, 3.8) is 0 Å². The molecule has 4 nitrogen and oxygen atoms in total. The fraction of sp³-hybridized carbons (Fsp3) is 0.364. The second-order valence-corrected chi connectivity index (χ2v) is 3.07. The van der Waals surface area contributed by atoms with Crippen LogP contribution >= 0.6 is 0 Å². The number of ether oxygens (including phenoxy) is 2. The first kappa shape index (κ1) is 11.5. The number of nitrogens with two attached hydrogens (primary N) is 1. The molecule has 0 aliphatic carbocycles. The minimum Gasteiger partial charge on any atom is -0.493 e. The van der Waals surface area contributed by atoms with Gasteiger partial charge in [0.25, 0.3) is 0 Å². The largest absolute Gasteiger partial charge is 0.493 e. The quantitative estimate of drug-likeness (QED) is 0.778. The minimum atomic E-state index is -0.0263. The molecule has 0 radical (unpaired) electrons. The van der Waals surface area contributed by atoms with Crippen molar-refractivity contribution in [1.82, 2.24) is 0 Å². The molecule has 0 spiro atoms. The van der Waals surface area contributed by atoms with Crippen LogP contribution in [0, 0.1) is 0 Å². The van der Waals surface area contributed by atoms with Crippen molar-refractivity contribution in [2.75, 3.05) is 20.8 Å². The summed E-state index contributed by atoms with van der Waals surface area (Å²) in [6.07, 6.45) is 0.275. The van der Waals surface area contributed by atoms with E-state index in [9.17, 15) is 4.79 Å². The van der Waals surface area contributed by atoms with Crippen molar-refractivity contribution in [2.45, 2.75) is 6.42 Å². The first-order valence-corrected chi connectivity index (χ1v) is 4.64. The van der Waals surface area contributed by atoms with Crippen LogP contribution in [0.5, 0.6) is 11.5 Å². The summed E-state index contributed by atoms with van der Waals surface area (Å²) < 4.78 is 10.3. The Morgan fingerprint density at radius 3 is 2.60 bits per heavy atom. The van der Waals surface area contributed by atoms with Crippen LogP contribution in [0.1, 0.15) is 5.56 Å². The van der Waals surface area contributed by atoms with Gasteiger partial charge in [0.1, 0.15) is 0 Å². The third kappa shape index (κ3) is 2.70. The molecule has 0 aliphatic heterocycles. The van der Waals surface area contributed by atoms with Gasteiger partial charge in [-0.05, 0) is 6.07 Å². The number of rotatable bonds is 5. The lowest BCUT2D eigenvalue weighted by Crippen LogP contribution is -2.16. The summed E-state index contributed by atoms with van der Waals surface area (Å²) in [5, 5.41) is 0.